The number of pyridine rings is 2. The van der Waals surface area contributed by atoms with E-state index in [4.69, 9.17) is 10.5 Å². The number of aryl methyl sites for hydroxylation is 1. The summed E-state index contributed by atoms with van der Waals surface area (Å²) < 4.78 is 6.59. The Morgan fingerprint density at radius 1 is 1.32 bits per heavy atom. The van der Waals surface area contributed by atoms with Crippen LogP contribution in [0.1, 0.15) is 18.1 Å². The van der Waals surface area contributed by atoms with Crippen molar-refractivity contribution < 1.29 is 4.74 Å². The molecule has 2 N–H and O–H groups in total. The van der Waals surface area contributed by atoms with Crippen LogP contribution in [0, 0.1) is 6.92 Å². The van der Waals surface area contributed by atoms with E-state index in [-0.39, 0.29) is 6.04 Å². The number of nitrogens with two attached hydrogens (primary N) is 1. The first kappa shape index (κ1) is 14.0. The van der Waals surface area contributed by atoms with Gasteiger partial charge in [-0.25, -0.2) is 4.98 Å². The molecule has 0 radical (unpaired) electrons. The van der Waals surface area contributed by atoms with Crippen molar-refractivity contribution in [3.05, 3.63) is 46.3 Å². The predicted octanol–water partition coefficient (Wildman–Crippen LogP) is 3.23. The number of ether oxygens (including phenoxy) is 1. The van der Waals surface area contributed by atoms with Crippen molar-refractivity contribution >= 4 is 15.9 Å². The van der Waals surface area contributed by atoms with E-state index in [9.17, 15) is 0 Å². The van der Waals surface area contributed by atoms with Gasteiger partial charge in [-0.1, -0.05) is 0 Å². The molecule has 100 valence electrons. The molecule has 0 saturated carbocycles. The van der Waals surface area contributed by atoms with Gasteiger partial charge in [0.25, 0.3) is 0 Å². The molecule has 0 amide bonds. The van der Waals surface area contributed by atoms with E-state index in [1.807, 2.05) is 19.9 Å². The van der Waals surface area contributed by atoms with Gasteiger partial charge >= 0.3 is 0 Å². The van der Waals surface area contributed by atoms with Crippen LogP contribution in [-0.4, -0.2) is 16.0 Å². The summed E-state index contributed by atoms with van der Waals surface area (Å²) in [7, 11) is 0. The fourth-order valence-corrected chi connectivity index (χ4v) is 2.11. The summed E-state index contributed by atoms with van der Waals surface area (Å²) >= 11 is 3.36. The minimum atomic E-state index is 0.127. The topological polar surface area (TPSA) is 61.0 Å². The lowest BCUT2D eigenvalue weighted by Crippen LogP contribution is -2.17. The molecule has 0 bridgehead atoms. The zero-order chi connectivity index (χ0) is 13.8. The quantitative estimate of drug-likeness (QED) is 0.939. The average molecular weight is 322 g/mol. The lowest BCUT2D eigenvalue weighted by Gasteiger charge is -2.10. The fraction of sp³-hybridized carbons (Fsp3) is 0.286. The number of rotatable bonds is 4. The lowest BCUT2D eigenvalue weighted by atomic mass is 10.1. The molecule has 5 heteroatoms. The maximum Gasteiger partial charge on any atom is 0.222 e. The van der Waals surface area contributed by atoms with Crippen molar-refractivity contribution in [2.24, 2.45) is 5.73 Å². The van der Waals surface area contributed by atoms with Gasteiger partial charge in [0.1, 0.15) is 5.75 Å². The molecule has 0 aliphatic rings. The molecule has 0 fully saturated rings. The Morgan fingerprint density at radius 2 is 2.11 bits per heavy atom. The van der Waals surface area contributed by atoms with E-state index in [1.54, 1.807) is 18.6 Å². The lowest BCUT2D eigenvalue weighted by molar-refractivity contribution is 0.456. The predicted molar refractivity (Wildman–Crippen MR) is 78.3 cm³/mol. The maximum atomic E-state index is 5.78. The Morgan fingerprint density at radius 3 is 2.74 bits per heavy atom. The monoisotopic (exact) mass is 321 g/mol. The molecule has 0 aliphatic heterocycles. The largest absolute Gasteiger partial charge is 0.437 e. The number of aromatic nitrogens is 2. The van der Waals surface area contributed by atoms with Gasteiger partial charge in [0.2, 0.25) is 5.88 Å². The van der Waals surface area contributed by atoms with E-state index in [0.29, 0.717) is 11.6 Å². The molecule has 1 unspecified atom stereocenters. The van der Waals surface area contributed by atoms with Crippen molar-refractivity contribution in [1.29, 1.82) is 0 Å². The Labute approximate surface area is 121 Å². The van der Waals surface area contributed by atoms with Crippen molar-refractivity contribution in [1.82, 2.24) is 9.97 Å². The normalized spacial score (nSPS) is 12.2. The van der Waals surface area contributed by atoms with Crippen LogP contribution in [0.5, 0.6) is 11.6 Å². The zero-order valence-corrected chi connectivity index (χ0v) is 12.5. The molecule has 2 aromatic heterocycles. The second-order valence-corrected chi connectivity index (χ2v) is 5.50. The van der Waals surface area contributed by atoms with Crippen molar-refractivity contribution in [2.45, 2.75) is 26.3 Å². The first-order valence-electron chi connectivity index (χ1n) is 6.04. The molecular weight excluding hydrogens is 306 g/mol. The average Bonchev–Trinajstić information content (AvgIpc) is 2.32. The Hall–Kier alpha value is -1.46. The first-order valence-corrected chi connectivity index (χ1v) is 6.83. The van der Waals surface area contributed by atoms with Crippen molar-refractivity contribution in [3.63, 3.8) is 0 Å². The van der Waals surface area contributed by atoms with E-state index >= 15 is 0 Å². The standard InChI is InChI=1S/C14H16BrN3O/c1-9-3-11(4-10(2)16)6-18-14(9)19-13-5-12(15)7-17-8-13/h3,5-8,10H,4,16H2,1-2H3. The summed E-state index contributed by atoms with van der Waals surface area (Å²) in [6.07, 6.45) is 5.98. The van der Waals surface area contributed by atoms with Gasteiger partial charge in [-0.3, -0.25) is 4.98 Å². The van der Waals surface area contributed by atoms with Gasteiger partial charge < -0.3 is 10.5 Å². The maximum absolute atomic E-state index is 5.78. The third-order valence-corrected chi connectivity index (χ3v) is 2.97. The van der Waals surface area contributed by atoms with Crippen LogP contribution in [-0.2, 0) is 6.42 Å². The Bertz CT molecular complexity index is 572. The summed E-state index contributed by atoms with van der Waals surface area (Å²) in [5.41, 5.74) is 7.88. The summed E-state index contributed by atoms with van der Waals surface area (Å²) in [6.45, 7) is 3.95. The second-order valence-electron chi connectivity index (χ2n) is 4.59. The van der Waals surface area contributed by atoms with E-state index in [1.165, 1.54) is 0 Å². The van der Waals surface area contributed by atoms with E-state index in [0.717, 1.165) is 22.0 Å². The number of hydrogen-bond acceptors (Lipinski definition) is 4. The fourth-order valence-electron chi connectivity index (χ4n) is 1.77. The molecule has 0 spiro atoms. The first-order chi connectivity index (χ1) is 9.04. The Kier molecular flexibility index (Phi) is 4.50. The van der Waals surface area contributed by atoms with Crippen LogP contribution in [0.25, 0.3) is 0 Å². The van der Waals surface area contributed by atoms with Gasteiger partial charge in [-0.2, -0.15) is 0 Å². The molecule has 0 aromatic carbocycles. The molecule has 19 heavy (non-hydrogen) atoms. The van der Waals surface area contributed by atoms with Crippen molar-refractivity contribution in [2.75, 3.05) is 0 Å². The highest BCUT2D eigenvalue weighted by Gasteiger charge is 2.06. The third kappa shape index (κ3) is 4.01. The summed E-state index contributed by atoms with van der Waals surface area (Å²) in [5.74, 6) is 1.25. The second kappa shape index (κ2) is 6.12. The molecule has 0 saturated heterocycles. The minimum Gasteiger partial charge on any atom is -0.437 e. The van der Waals surface area contributed by atoms with Crippen LogP contribution < -0.4 is 10.5 Å². The highest BCUT2D eigenvalue weighted by molar-refractivity contribution is 9.10. The van der Waals surface area contributed by atoms with Gasteiger partial charge in [0.05, 0.1) is 6.20 Å². The summed E-state index contributed by atoms with van der Waals surface area (Å²) in [6, 6.07) is 4.03. The van der Waals surface area contributed by atoms with E-state index in [2.05, 4.69) is 32.0 Å². The molecule has 2 heterocycles. The smallest absolute Gasteiger partial charge is 0.222 e. The van der Waals surface area contributed by atoms with Crippen LogP contribution in [0.4, 0.5) is 0 Å². The molecular formula is C14H16BrN3O. The molecule has 2 rings (SSSR count). The molecule has 0 aliphatic carbocycles. The summed E-state index contributed by atoms with van der Waals surface area (Å²) in [4.78, 5) is 8.39. The van der Waals surface area contributed by atoms with Crippen LogP contribution in [0.3, 0.4) is 0 Å². The van der Waals surface area contributed by atoms with Crippen LogP contribution in [0.15, 0.2) is 35.2 Å². The Balaban J connectivity index is 2.17. The van der Waals surface area contributed by atoms with Crippen LogP contribution >= 0.6 is 15.9 Å². The number of nitrogens with zero attached hydrogens (tertiary/aromatic N) is 2. The third-order valence-electron chi connectivity index (χ3n) is 2.54. The van der Waals surface area contributed by atoms with Gasteiger partial charge in [-0.15, -0.1) is 0 Å². The highest BCUT2D eigenvalue weighted by Crippen LogP contribution is 2.24. The van der Waals surface area contributed by atoms with Crippen LogP contribution in [0.2, 0.25) is 0 Å². The molecule has 4 nitrogen and oxygen atoms in total. The van der Waals surface area contributed by atoms with Gasteiger partial charge in [-0.05, 0) is 53.9 Å². The molecule has 2 aromatic rings. The molecule has 1 atom stereocenters. The van der Waals surface area contributed by atoms with Gasteiger partial charge in [0.15, 0.2) is 0 Å². The summed E-state index contributed by atoms with van der Waals surface area (Å²) in [5, 5.41) is 0. The zero-order valence-electron chi connectivity index (χ0n) is 10.9. The van der Waals surface area contributed by atoms with E-state index < -0.39 is 0 Å². The SMILES string of the molecule is Cc1cc(CC(C)N)cnc1Oc1cncc(Br)c1. The number of hydrogen-bond donors (Lipinski definition) is 1. The number of halogens is 1. The highest BCUT2D eigenvalue weighted by atomic mass is 79.9. The van der Waals surface area contributed by atoms with Gasteiger partial charge in [0, 0.05) is 28.5 Å². The van der Waals surface area contributed by atoms with Crippen molar-refractivity contribution in [3.8, 4) is 11.6 Å². The minimum absolute atomic E-state index is 0.127.